The van der Waals surface area contributed by atoms with Gasteiger partial charge in [0.2, 0.25) is 10.0 Å². The number of nitrogens with zero attached hydrogens (tertiary/aromatic N) is 5. The first-order valence-electron chi connectivity index (χ1n) is 11.0. The van der Waals surface area contributed by atoms with Crippen LogP contribution in [0.4, 0.5) is 4.39 Å². The zero-order valence-electron chi connectivity index (χ0n) is 19.8. The summed E-state index contributed by atoms with van der Waals surface area (Å²) in [5.41, 5.74) is 4.07. The molecule has 0 atom stereocenters. The predicted octanol–water partition coefficient (Wildman–Crippen LogP) is 3.29. The van der Waals surface area contributed by atoms with Crippen LogP contribution in [0.2, 0.25) is 0 Å². The van der Waals surface area contributed by atoms with Crippen molar-refractivity contribution in [1.29, 1.82) is 0 Å². The van der Waals surface area contributed by atoms with Crippen molar-refractivity contribution >= 4 is 10.0 Å². The van der Waals surface area contributed by atoms with Gasteiger partial charge in [-0.3, -0.25) is 9.88 Å². The summed E-state index contributed by atoms with van der Waals surface area (Å²) in [6.45, 7) is 4.96. The number of sulfonamides is 1. The van der Waals surface area contributed by atoms with Crippen LogP contribution in [-0.2, 0) is 29.5 Å². The molecule has 0 saturated heterocycles. The van der Waals surface area contributed by atoms with E-state index in [0.29, 0.717) is 31.2 Å². The van der Waals surface area contributed by atoms with E-state index < -0.39 is 15.8 Å². The minimum absolute atomic E-state index is 0.0989. The van der Waals surface area contributed by atoms with Gasteiger partial charge in [-0.25, -0.2) is 27.6 Å². The van der Waals surface area contributed by atoms with E-state index in [4.69, 9.17) is 10.1 Å². The maximum Gasteiger partial charge on any atom is 0.238 e. The SMILES string of the molecule is Cc1cccc(Cc2nc(CN(C)Cc3cccc(C)n3)nn2-c2ccc(S(N)(=O)=O)cc2F)c1. The normalized spacial score (nSPS) is 11.8. The van der Waals surface area contributed by atoms with Gasteiger partial charge >= 0.3 is 0 Å². The molecule has 4 aromatic rings. The van der Waals surface area contributed by atoms with Gasteiger partial charge in [-0.2, -0.15) is 0 Å². The lowest BCUT2D eigenvalue weighted by molar-refractivity contribution is 0.306. The van der Waals surface area contributed by atoms with Crippen molar-refractivity contribution in [1.82, 2.24) is 24.6 Å². The molecule has 2 aromatic heterocycles. The second-order valence-corrected chi connectivity index (χ2v) is 10.2. The van der Waals surface area contributed by atoms with Gasteiger partial charge in [0, 0.05) is 18.7 Å². The molecule has 0 unspecified atom stereocenters. The van der Waals surface area contributed by atoms with Gasteiger partial charge in [0.25, 0.3) is 0 Å². The molecule has 0 aliphatic rings. The Balaban J connectivity index is 1.67. The average Bonchev–Trinajstić information content (AvgIpc) is 3.14. The molecule has 0 aliphatic carbocycles. The van der Waals surface area contributed by atoms with Gasteiger partial charge in [-0.05, 0) is 56.8 Å². The summed E-state index contributed by atoms with van der Waals surface area (Å²) >= 11 is 0. The molecule has 2 heterocycles. The van der Waals surface area contributed by atoms with Gasteiger partial charge < -0.3 is 0 Å². The molecular weight excluding hydrogens is 467 g/mol. The molecule has 182 valence electrons. The fraction of sp³-hybridized carbons (Fsp3) is 0.240. The molecule has 35 heavy (non-hydrogen) atoms. The monoisotopic (exact) mass is 494 g/mol. The number of hydrogen-bond donors (Lipinski definition) is 1. The highest BCUT2D eigenvalue weighted by molar-refractivity contribution is 7.89. The Labute approximate surface area is 204 Å². The van der Waals surface area contributed by atoms with Crippen LogP contribution >= 0.6 is 0 Å². The third-order valence-corrected chi connectivity index (χ3v) is 6.34. The quantitative estimate of drug-likeness (QED) is 0.403. The second-order valence-electron chi connectivity index (χ2n) is 8.62. The number of rotatable bonds is 8. The Kier molecular flexibility index (Phi) is 7.06. The Morgan fingerprint density at radius 3 is 2.46 bits per heavy atom. The van der Waals surface area contributed by atoms with E-state index >= 15 is 4.39 Å². The van der Waals surface area contributed by atoms with Crippen LogP contribution < -0.4 is 5.14 Å². The van der Waals surface area contributed by atoms with Crippen molar-refractivity contribution in [3.05, 3.63) is 101 Å². The standard InChI is InChI=1S/C25H27FN6O2S/c1-17-6-4-8-19(12-17)13-25-29-24(16-31(3)15-20-9-5-7-18(2)28-20)30-32(25)23-11-10-21(14-22(23)26)35(27,33)34/h4-12,14H,13,15-16H2,1-3H3,(H2,27,33,34). The number of hydrogen-bond acceptors (Lipinski definition) is 6. The second kappa shape index (κ2) is 10.0. The topological polar surface area (TPSA) is 107 Å². The molecule has 0 aliphatic heterocycles. The first kappa shape index (κ1) is 24.6. The van der Waals surface area contributed by atoms with Gasteiger partial charge in [0.15, 0.2) is 5.82 Å². The summed E-state index contributed by atoms with van der Waals surface area (Å²) in [4.78, 5) is 11.0. The van der Waals surface area contributed by atoms with Gasteiger partial charge in [-0.15, -0.1) is 5.10 Å². The Morgan fingerprint density at radius 2 is 1.77 bits per heavy atom. The summed E-state index contributed by atoms with van der Waals surface area (Å²) in [6, 6.07) is 17.4. The first-order chi connectivity index (χ1) is 16.6. The van der Waals surface area contributed by atoms with E-state index in [1.807, 2.05) is 68.3 Å². The zero-order valence-corrected chi connectivity index (χ0v) is 20.6. The third-order valence-electron chi connectivity index (χ3n) is 5.43. The summed E-state index contributed by atoms with van der Waals surface area (Å²) in [5, 5.41) is 9.73. The Morgan fingerprint density at radius 1 is 1.00 bits per heavy atom. The maximum atomic E-state index is 15.0. The summed E-state index contributed by atoms with van der Waals surface area (Å²) < 4.78 is 39.7. The zero-order chi connectivity index (χ0) is 25.2. The van der Waals surface area contributed by atoms with Crippen LogP contribution in [0.25, 0.3) is 5.69 Å². The van der Waals surface area contributed by atoms with Crippen LogP contribution in [0.15, 0.2) is 65.6 Å². The predicted molar refractivity (Wildman–Crippen MR) is 131 cm³/mol. The van der Waals surface area contributed by atoms with Crippen molar-refractivity contribution in [3.8, 4) is 5.69 Å². The summed E-state index contributed by atoms with van der Waals surface area (Å²) in [6.07, 6.45) is 0.425. The number of aromatic nitrogens is 4. The van der Waals surface area contributed by atoms with Gasteiger partial charge in [0.05, 0.1) is 17.1 Å². The van der Waals surface area contributed by atoms with E-state index in [2.05, 4.69) is 10.1 Å². The number of primary sulfonamides is 1. The summed E-state index contributed by atoms with van der Waals surface area (Å²) in [7, 11) is -2.09. The van der Waals surface area contributed by atoms with Crippen molar-refractivity contribution in [2.45, 2.75) is 38.3 Å². The van der Waals surface area contributed by atoms with Gasteiger partial charge in [0.1, 0.15) is 17.3 Å². The molecule has 10 heteroatoms. The number of aryl methyl sites for hydroxylation is 2. The number of pyridine rings is 1. The molecule has 4 rings (SSSR count). The van der Waals surface area contributed by atoms with Crippen LogP contribution in [0.5, 0.6) is 0 Å². The van der Waals surface area contributed by atoms with Crippen molar-refractivity contribution < 1.29 is 12.8 Å². The Bertz CT molecular complexity index is 1470. The van der Waals surface area contributed by atoms with Crippen LogP contribution in [0.3, 0.4) is 0 Å². The van der Waals surface area contributed by atoms with E-state index in [-0.39, 0.29) is 10.6 Å². The number of benzene rings is 2. The van der Waals surface area contributed by atoms with Crippen molar-refractivity contribution in [2.24, 2.45) is 5.14 Å². The molecular formula is C25H27FN6O2S. The fourth-order valence-corrected chi connectivity index (χ4v) is 4.39. The van der Waals surface area contributed by atoms with Gasteiger partial charge in [-0.1, -0.05) is 35.9 Å². The molecule has 2 aromatic carbocycles. The van der Waals surface area contributed by atoms with Crippen molar-refractivity contribution in [3.63, 3.8) is 0 Å². The van der Waals surface area contributed by atoms with Crippen LogP contribution in [0, 0.1) is 19.7 Å². The molecule has 8 nitrogen and oxygen atoms in total. The number of nitrogens with two attached hydrogens (primary N) is 1. The minimum Gasteiger partial charge on any atom is -0.293 e. The molecule has 0 bridgehead atoms. The van der Waals surface area contributed by atoms with Crippen LogP contribution in [0.1, 0.15) is 34.2 Å². The third kappa shape index (κ3) is 6.16. The highest BCUT2D eigenvalue weighted by Gasteiger charge is 2.19. The number of halogens is 1. The lowest BCUT2D eigenvalue weighted by atomic mass is 10.1. The smallest absolute Gasteiger partial charge is 0.238 e. The Hall–Kier alpha value is -3.47. The average molecular weight is 495 g/mol. The molecule has 2 N–H and O–H groups in total. The maximum absolute atomic E-state index is 15.0. The van der Waals surface area contributed by atoms with E-state index in [0.717, 1.165) is 28.6 Å². The van der Waals surface area contributed by atoms with Crippen LogP contribution in [-0.4, -0.2) is 40.1 Å². The van der Waals surface area contributed by atoms with E-state index in [1.54, 1.807) is 0 Å². The largest absolute Gasteiger partial charge is 0.293 e. The minimum atomic E-state index is -4.03. The lowest BCUT2D eigenvalue weighted by Gasteiger charge is -2.14. The first-order valence-corrected chi connectivity index (χ1v) is 12.6. The molecule has 0 radical (unpaired) electrons. The lowest BCUT2D eigenvalue weighted by Crippen LogP contribution is -2.19. The van der Waals surface area contributed by atoms with E-state index in [9.17, 15) is 8.42 Å². The van der Waals surface area contributed by atoms with E-state index in [1.165, 1.54) is 16.8 Å². The fourth-order valence-electron chi connectivity index (χ4n) is 3.87. The molecule has 0 saturated carbocycles. The molecule has 0 fully saturated rings. The molecule has 0 amide bonds. The highest BCUT2D eigenvalue weighted by Crippen LogP contribution is 2.21. The highest BCUT2D eigenvalue weighted by atomic mass is 32.2. The summed E-state index contributed by atoms with van der Waals surface area (Å²) in [5.74, 6) is 0.295. The van der Waals surface area contributed by atoms with Crippen molar-refractivity contribution in [2.75, 3.05) is 7.05 Å². The molecule has 0 spiro atoms.